The van der Waals surface area contributed by atoms with Crippen molar-refractivity contribution in [2.45, 2.75) is 6.92 Å². The van der Waals surface area contributed by atoms with Gasteiger partial charge in [0.1, 0.15) is 11.5 Å². The van der Waals surface area contributed by atoms with Gasteiger partial charge < -0.3 is 14.8 Å². The molecule has 0 saturated heterocycles. The molecule has 0 spiro atoms. The Morgan fingerprint density at radius 1 is 1.08 bits per heavy atom. The van der Waals surface area contributed by atoms with Crippen LogP contribution < -0.4 is 20.2 Å². The van der Waals surface area contributed by atoms with Crippen molar-refractivity contribution in [2.24, 2.45) is 5.10 Å². The minimum absolute atomic E-state index is 0.496. The Labute approximate surface area is 155 Å². The van der Waals surface area contributed by atoms with E-state index in [0.29, 0.717) is 27.8 Å². The zero-order valence-electron chi connectivity index (χ0n) is 14.5. The number of hydrazone groups is 1. The van der Waals surface area contributed by atoms with Crippen LogP contribution in [-0.2, 0) is 9.59 Å². The number of carbonyl (C=O) groups is 2. The van der Waals surface area contributed by atoms with Gasteiger partial charge in [0.25, 0.3) is 0 Å². The molecule has 2 rings (SSSR count). The third-order valence-corrected chi connectivity index (χ3v) is 3.69. The third-order valence-electron chi connectivity index (χ3n) is 3.45. The van der Waals surface area contributed by atoms with Crippen LogP contribution in [0.3, 0.4) is 0 Å². The lowest BCUT2D eigenvalue weighted by Crippen LogP contribution is -2.32. The summed E-state index contributed by atoms with van der Waals surface area (Å²) >= 11 is 5.86. The quantitative estimate of drug-likeness (QED) is 0.477. The fourth-order valence-electron chi connectivity index (χ4n) is 2.08. The van der Waals surface area contributed by atoms with E-state index >= 15 is 0 Å². The van der Waals surface area contributed by atoms with Gasteiger partial charge in [-0.3, -0.25) is 9.59 Å². The number of methoxy groups -OCH3 is 2. The van der Waals surface area contributed by atoms with Crippen molar-refractivity contribution in [1.29, 1.82) is 0 Å². The van der Waals surface area contributed by atoms with Gasteiger partial charge in [-0.1, -0.05) is 11.6 Å². The molecule has 26 heavy (non-hydrogen) atoms. The second-order valence-electron chi connectivity index (χ2n) is 5.22. The topological polar surface area (TPSA) is 89.0 Å². The lowest BCUT2D eigenvalue weighted by atomic mass is 10.2. The number of hydrogen-bond donors (Lipinski definition) is 2. The number of anilines is 1. The summed E-state index contributed by atoms with van der Waals surface area (Å²) in [7, 11) is 3.05. The first kappa shape index (κ1) is 19.3. The maximum atomic E-state index is 11.9. The zero-order chi connectivity index (χ0) is 19.1. The highest BCUT2D eigenvalue weighted by molar-refractivity contribution is 6.39. The van der Waals surface area contributed by atoms with E-state index in [4.69, 9.17) is 21.1 Å². The maximum absolute atomic E-state index is 11.9. The molecular weight excluding hydrogens is 358 g/mol. The number of nitrogens with zero attached hydrogens (tertiary/aromatic N) is 1. The van der Waals surface area contributed by atoms with Crippen LogP contribution in [0.15, 0.2) is 41.5 Å². The Morgan fingerprint density at radius 3 is 2.50 bits per heavy atom. The number of hydrogen-bond acceptors (Lipinski definition) is 5. The van der Waals surface area contributed by atoms with Crippen LogP contribution in [0.4, 0.5) is 5.69 Å². The molecule has 0 aromatic heterocycles. The van der Waals surface area contributed by atoms with Gasteiger partial charge in [-0.2, -0.15) is 5.10 Å². The van der Waals surface area contributed by atoms with Crippen LogP contribution in [-0.4, -0.2) is 32.2 Å². The van der Waals surface area contributed by atoms with Gasteiger partial charge in [0.15, 0.2) is 0 Å². The lowest BCUT2D eigenvalue weighted by molar-refractivity contribution is -0.136. The number of halogens is 1. The van der Waals surface area contributed by atoms with Crippen molar-refractivity contribution in [1.82, 2.24) is 5.43 Å². The van der Waals surface area contributed by atoms with E-state index in [-0.39, 0.29) is 0 Å². The second-order valence-corrected chi connectivity index (χ2v) is 5.66. The highest BCUT2D eigenvalue weighted by Crippen LogP contribution is 2.23. The predicted octanol–water partition coefficient (Wildman–Crippen LogP) is 2.75. The van der Waals surface area contributed by atoms with E-state index in [1.165, 1.54) is 13.3 Å². The Morgan fingerprint density at radius 2 is 1.85 bits per heavy atom. The Hall–Kier alpha value is -3.06. The number of benzene rings is 2. The number of aryl methyl sites for hydroxylation is 1. The SMILES string of the molecule is COc1ccc(/C=N\NC(=O)C(=O)Nc2ccc(Cl)cc2C)c(OC)c1. The lowest BCUT2D eigenvalue weighted by Gasteiger charge is -2.08. The van der Waals surface area contributed by atoms with Gasteiger partial charge in [0.05, 0.1) is 20.4 Å². The molecule has 2 aromatic carbocycles. The summed E-state index contributed by atoms with van der Waals surface area (Å²) in [5.74, 6) is -0.596. The molecule has 0 bridgehead atoms. The monoisotopic (exact) mass is 375 g/mol. The maximum Gasteiger partial charge on any atom is 0.329 e. The van der Waals surface area contributed by atoms with Crippen LogP contribution in [0, 0.1) is 6.92 Å². The summed E-state index contributed by atoms with van der Waals surface area (Å²) < 4.78 is 10.3. The van der Waals surface area contributed by atoms with Gasteiger partial charge in [-0.25, -0.2) is 5.43 Å². The summed E-state index contributed by atoms with van der Waals surface area (Å²) in [6, 6.07) is 10.0. The average molecular weight is 376 g/mol. The predicted molar refractivity (Wildman–Crippen MR) is 100 cm³/mol. The molecule has 7 nitrogen and oxygen atoms in total. The summed E-state index contributed by atoms with van der Waals surface area (Å²) in [5.41, 5.74) is 4.02. The number of carbonyl (C=O) groups excluding carboxylic acids is 2. The van der Waals surface area contributed by atoms with Gasteiger partial charge in [0.2, 0.25) is 0 Å². The summed E-state index contributed by atoms with van der Waals surface area (Å²) in [4.78, 5) is 23.8. The Kier molecular flexibility index (Phi) is 6.57. The molecule has 0 saturated carbocycles. The molecule has 0 radical (unpaired) electrons. The van der Waals surface area contributed by atoms with E-state index in [1.54, 1.807) is 50.4 Å². The molecule has 0 aliphatic rings. The number of rotatable bonds is 5. The van der Waals surface area contributed by atoms with E-state index in [2.05, 4.69) is 15.8 Å². The first-order valence-electron chi connectivity index (χ1n) is 7.57. The summed E-state index contributed by atoms with van der Waals surface area (Å²) in [6.45, 7) is 1.77. The molecular formula is C18H18ClN3O4. The van der Waals surface area contributed by atoms with Crippen molar-refractivity contribution >= 4 is 35.3 Å². The van der Waals surface area contributed by atoms with Crippen LogP contribution in [0.1, 0.15) is 11.1 Å². The largest absolute Gasteiger partial charge is 0.497 e. The molecule has 2 aromatic rings. The van der Waals surface area contributed by atoms with Gasteiger partial charge in [0, 0.05) is 22.3 Å². The molecule has 8 heteroatoms. The van der Waals surface area contributed by atoms with E-state index in [0.717, 1.165) is 5.56 Å². The normalized spacial score (nSPS) is 10.5. The first-order chi connectivity index (χ1) is 12.4. The zero-order valence-corrected chi connectivity index (χ0v) is 15.3. The van der Waals surface area contributed by atoms with E-state index < -0.39 is 11.8 Å². The number of nitrogens with one attached hydrogen (secondary N) is 2. The van der Waals surface area contributed by atoms with Crippen molar-refractivity contribution in [3.05, 3.63) is 52.5 Å². The van der Waals surface area contributed by atoms with E-state index in [9.17, 15) is 9.59 Å². The number of ether oxygens (including phenoxy) is 2. The summed E-state index contributed by atoms with van der Waals surface area (Å²) in [6.07, 6.45) is 1.37. The molecule has 136 valence electrons. The molecule has 0 heterocycles. The first-order valence-corrected chi connectivity index (χ1v) is 7.95. The third kappa shape index (κ3) is 4.97. The van der Waals surface area contributed by atoms with Crippen molar-refractivity contribution in [3.8, 4) is 11.5 Å². The van der Waals surface area contributed by atoms with Crippen molar-refractivity contribution < 1.29 is 19.1 Å². The summed E-state index contributed by atoms with van der Waals surface area (Å²) in [5, 5.41) is 6.82. The molecule has 2 amide bonds. The van der Waals surface area contributed by atoms with Crippen molar-refractivity contribution in [2.75, 3.05) is 19.5 Å². The smallest absolute Gasteiger partial charge is 0.329 e. The molecule has 0 fully saturated rings. The fourth-order valence-corrected chi connectivity index (χ4v) is 2.31. The highest BCUT2D eigenvalue weighted by Gasteiger charge is 2.14. The molecule has 0 aliphatic carbocycles. The van der Waals surface area contributed by atoms with Crippen LogP contribution in [0.5, 0.6) is 11.5 Å². The molecule has 2 N–H and O–H groups in total. The van der Waals surface area contributed by atoms with Gasteiger partial charge in [-0.05, 0) is 42.8 Å². The Bertz CT molecular complexity index is 852. The average Bonchev–Trinajstić information content (AvgIpc) is 2.63. The van der Waals surface area contributed by atoms with Gasteiger partial charge >= 0.3 is 11.8 Å². The highest BCUT2D eigenvalue weighted by atomic mass is 35.5. The van der Waals surface area contributed by atoms with Gasteiger partial charge in [-0.15, -0.1) is 0 Å². The Balaban J connectivity index is 1.99. The molecule has 0 atom stereocenters. The minimum Gasteiger partial charge on any atom is -0.497 e. The molecule has 0 aliphatic heterocycles. The number of amides is 2. The van der Waals surface area contributed by atoms with Crippen LogP contribution in [0.2, 0.25) is 5.02 Å². The standard InChI is InChI=1S/C18H18ClN3O4/c1-11-8-13(19)5-7-15(11)21-17(23)18(24)22-20-10-12-4-6-14(25-2)9-16(12)26-3/h4-10H,1-3H3,(H,21,23)(H,22,24)/b20-10-. The van der Waals surface area contributed by atoms with Crippen LogP contribution >= 0.6 is 11.6 Å². The fraction of sp³-hybridized carbons (Fsp3) is 0.167. The molecule has 0 unspecified atom stereocenters. The van der Waals surface area contributed by atoms with Crippen LogP contribution in [0.25, 0.3) is 0 Å². The second kappa shape index (κ2) is 8.87. The minimum atomic E-state index is -0.900. The van der Waals surface area contributed by atoms with E-state index in [1.807, 2.05) is 0 Å². The van der Waals surface area contributed by atoms with Crippen molar-refractivity contribution in [3.63, 3.8) is 0 Å².